The molecule has 0 spiro atoms. The molecule has 0 aromatic heterocycles. The summed E-state index contributed by atoms with van der Waals surface area (Å²) in [6.45, 7) is 2.01. The summed E-state index contributed by atoms with van der Waals surface area (Å²) >= 11 is 1.28. The van der Waals surface area contributed by atoms with Gasteiger partial charge in [0.15, 0.2) is 0 Å². The van der Waals surface area contributed by atoms with Crippen molar-refractivity contribution in [3.05, 3.63) is 35.4 Å². The van der Waals surface area contributed by atoms with E-state index in [0.29, 0.717) is 0 Å². The Morgan fingerprint density at radius 3 is 2.75 bits per heavy atom. The van der Waals surface area contributed by atoms with E-state index < -0.39 is 0 Å². The zero-order valence-electron chi connectivity index (χ0n) is 9.52. The first-order valence-corrected chi connectivity index (χ1v) is 6.53. The normalized spacial score (nSPS) is 17.9. The monoisotopic (exact) mass is 234 g/mol. The van der Waals surface area contributed by atoms with E-state index in [2.05, 4.69) is 24.3 Å². The summed E-state index contributed by atoms with van der Waals surface area (Å²) in [4.78, 5) is 1.08. The van der Waals surface area contributed by atoms with Crippen LogP contribution in [0.15, 0.2) is 29.2 Å². The summed E-state index contributed by atoms with van der Waals surface area (Å²) in [5.41, 5.74) is 8.35. The fourth-order valence-electron chi connectivity index (χ4n) is 1.71. The van der Waals surface area contributed by atoms with Gasteiger partial charge in [0.2, 0.25) is 0 Å². The quantitative estimate of drug-likeness (QED) is 0.787. The second-order valence-corrected chi connectivity index (χ2v) is 5.10. The summed E-state index contributed by atoms with van der Waals surface area (Å²) < 4.78 is 0. The Morgan fingerprint density at radius 1 is 1.44 bits per heavy atom. The van der Waals surface area contributed by atoms with Gasteiger partial charge >= 0.3 is 0 Å². The van der Waals surface area contributed by atoms with Gasteiger partial charge in [-0.1, -0.05) is 18.2 Å². The van der Waals surface area contributed by atoms with Crippen LogP contribution in [-0.2, 0) is 0 Å². The number of hydrogen-bond acceptors (Lipinski definition) is 3. The molecule has 1 saturated carbocycles. The van der Waals surface area contributed by atoms with Crippen molar-refractivity contribution in [2.24, 2.45) is 16.8 Å². The first kappa shape index (κ1) is 11.7. The molecule has 0 radical (unpaired) electrons. The predicted octanol–water partition coefficient (Wildman–Crippen LogP) is 3.10. The highest BCUT2D eigenvalue weighted by molar-refractivity contribution is 7.97. The topological polar surface area (TPSA) is 52.0 Å². The Bertz CT molecular complexity index is 395. The van der Waals surface area contributed by atoms with E-state index in [4.69, 9.17) is 10.9 Å². The molecule has 2 nitrogen and oxygen atoms in total. The van der Waals surface area contributed by atoms with Crippen molar-refractivity contribution in [2.45, 2.75) is 30.7 Å². The van der Waals surface area contributed by atoms with Crippen LogP contribution in [0.5, 0.6) is 0 Å². The van der Waals surface area contributed by atoms with Crippen LogP contribution in [0.1, 0.15) is 36.9 Å². The van der Waals surface area contributed by atoms with E-state index in [-0.39, 0.29) is 6.04 Å². The molecule has 4 N–H and O–H groups in total. The third-order valence-corrected chi connectivity index (χ3v) is 3.38. The van der Waals surface area contributed by atoms with Crippen molar-refractivity contribution in [1.29, 1.82) is 0 Å². The summed E-state index contributed by atoms with van der Waals surface area (Å²) in [6.07, 6.45) is 7.13. The Balaban J connectivity index is 2.29. The van der Waals surface area contributed by atoms with Crippen LogP contribution in [0.3, 0.4) is 0 Å². The molecule has 1 aromatic carbocycles. The number of benzene rings is 1. The third-order valence-electron chi connectivity index (χ3n) is 2.85. The van der Waals surface area contributed by atoms with E-state index >= 15 is 0 Å². The molecule has 0 amide bonds. The van der Waals surface area contributed by atoms with E-state index in [1.54, 1.807) is 0 Å². The highest BCUT2D eigenvalue weighted by Crippen LogP contribution is 2.32. The molecule has 0 heterocycles. The minimum absolute atomic E-state index is 0.0654. The largest absolute Gasteiger partial charge is 0.324 e. The Kier molecular flexibility index (Phi) is 3.69. The second-order valence-electron chi connectivity index (χ2n) is 4.39. The maximum atomic E-state index is 5.96. The molecule has 0 saturated heterocycles. The standard InChI is InChI=1S/C13H18N2S/c1-9(14)13-7-6-12(16-15)8-11(13)5-4-10-2-3-10/h4-10H,2-3,14-15H2,1H3/b5-4+/t9-/m1/s1. The maximum absolute atomic E-state index is 5.96. The molecule has 3 heteroatoms. The van der Waals surface area contributed by atoms with Gasteiger partial charge in [-0.05, 0) is 60.9 Å². The molecule has 0 unspecified atom stereocenters. The van der Waals surface area contributed by atoms with Gasteiger partial charge in [0.25, 0.3) is 0 Å². The zero-order chi connectivity index (χ0) is 11.5. The molecular weight excluding hydrogens is 216 g/mol. The van der Waals surface area contributed by atoms with E-state index in [1.807, 2.05) is 13.0 Å². The van der Waals surface area contributed by atoms with E-state index in [9.17, 15) is 0 Å². The smallest absolute Gasteiger partial charge is 0.0272 e. The first-order valence-electron chi connectivity index (χ1n) is 5.65. The van der Waals surface area contributed by atoms with Gasteiger partial charge in [0, 0.05) is 10.9 Å². The van der Waals surface area contributed by atoms with Gasteiger partial charge in [-0.2, -0.15) is 0 Å². The fourth-order valence-corrected chi connectivity index (χ4v) is 2.06. The zero-order valence-corrected chi connectivity index (χ0v) is 10.3. The molecule has 86 valence electrons. The number of allylic oxidation sites excluding steroid dienone is 1. The van der Waals surface area contributed by atoms with Crippen LogP contribution in [0.25, 0.3) is 6.08 Å². The maximum Gasteiger partial charge on any atom is 0.0272 e. The van der Waals surface area contributed by atoms with Gasteiger partial charge in [-0.25, -0.2) is 0 Å². The van der Waals surface area contributed by atoms with Gasteiger partial charge in [0.05, 0.1) is 0 Å². The first-order chi connectivity index (χ1) is 7.70. The van der Waals surface area contributed by atoms with Crippen LogP contribution in [-0.4, -0.2) is 0 Å². The second kappa shape index (κ2) is 5.04. The lowest BCUT2D eigenvalue weighted by Gasteiger charge is -2.11. The van der Waals surface area contributed by atoms with E-state index in [1.165, 1.54) is 35.9 Å². The van der Waals surface area contributed by atoms with E-state index in [0.717, 1.165) is 10.8 Å². The Hall–Kier alpha value is -0.770. The fraction of sp³-hybridized carbons (Fsp3) is 0.385. The van der Waals surface area contributed by atoms with Crippen molar-refractivity contribution in [2.75, 3.05) is 0 Å². The molecule has 0 bridgehead atoms. The van der Waals surface area contributed by atoms with Gasteiger partial charge < -0.3 is 5.73 Å². The van der Waals surface area contributed by atoms with Crippen LogP contribution >= 0.6 is 11.9 Å². The lowest BCUT2D eigenvalue weighted by atomic mass is 10.0. The van der Waals surface area contributed by atoms with Crippen molar-refractivity contribution in [3.8, 4) is 0 Å². The van der Waals surface area contributed by atoms with Crippen LogP contribution in [0.4, 0.5) is 0 Å². The van der Waals surface area contributed by atoms with Gasteiger partial charge in [-0.3, -0.25) is 5.14 Å². The molecule has 16 heavy (non-hydrogen) atoms. The van der Waals surface area contributed by atoms with Crippen LogP contribution < -0.4 is 10.9 Å². The number of hydrogen-bond donors (Lipinski definition) is 2. The Morgan fingerprint density at radius 2 is 2.19 bits per heavy atom. The van der Waals surface area contributed by atoms with Crippen molar-refractivity contribution >= 4 is 18.0 Å². The minimum Gasteiger partial charge on any atom is -0.324 e. The summed E-state index contributed by atoms with van der Waals surface area (Å²) in [5.74, 6) is 0.787. The van der Waals surface area contributed by atoms with Crippen LogP contribution in [0, 0.1) is 5.92 Å². The molecule has 1 atom stereocenters. The molecule has 1 aliphatic rings. The number of nitrogens with two attached hydrogens (primary N) is 2. The number of rotatable bonds is 4. The lowest BCUT2D eigenvalue weighted by Crippen LogP contribution is -2.06. The minimum atomic E-state index is 0.0654. The highest BCUT2D eigenvalue weighted by Gasteiger charge is 2.17. The van der Waals surface area contributed by atoms with Crippen molar-refractivity contribution < 1.29 is 0 Å². The molecule has 1 fully saturated rings. The van der Waals surface area contributed by atoms with Crippen molar-refractivity contribution in [1.82, 2.24) is 0 Å². The average Bonchev–Trinajstić information content (AvgIpc) is 3.09. The molecular formula is C13H18N2S. The van der Waals surface area contributed by atoms with Gasteiger partial charge in [0.1, 0.15) is 0 Å². The average molecular weight is 234 g/mol. The molecule has 0 aliphatic heterocycles. The molecule has 1 aromatic rings. The van der Waals surface area contributed by atoms with Crippen LogP contribution in [0.2, 0.25) is 0 Å². The van der Waals surface area contributed by atoms with Gasteiger partial charge in [-0.15, -0.1) is 0 Å². The Labute approximate surface area is 101 Å². The lowest BCUT2D eigenvalue weighted by molar-refractivity contribution is 0.814. The predicted molar refractivity (Wildman–Crippen MR) is 70.8 cm³/mol. The molecule has 1 aliphatic carbocycles. The summed E-state index contributed by atoms with van der Waals surface area (Å²) in [6, 6.07) is 6.28. The molecule has 2 rings (SSSR count). The van der Waals surface area contributed by atoms with Crippen molar-refractivity contribution in [3.63, 3.8) is 0 Å². The highest BCUT2D eigenvalue weighted by atomic mass is 32.2. The third kappa shape index (κ3) is 2.88. The summed E-state index contributed by atoms with van der Waals surface area (Å²) in [5, 5.41) is 5.57. The SMILES string of the molecule is C[C@@H](N)c1ccc(SN)cc1/C=C/C1CC1. The summed E-state index contributed by atoms with van der Waals surface area (Å²) in [7, 11) is 0.